The number of nitrogens with zero attached hydrogens (tertiary/aromatic N) is 1. The fourth-order valence-corrected chi connectivity index (χ4v) is 3.34. The first-order valence-corrected chi connectivity index (χ1v) is 9.20. The molecule has 7 heteroatoms. The van der Waals surface area contributed by atoms with Crippen LogP contribution in [0.5, 0.6) is 0 Å². The standard InChI is InChI=1S/C16H17ClN2O3S/c17-14-2-1-3-15(8-14)23(20,21)19-16-7-6-13(9-18-16)11-22-10-12-4-5-12/h1-3,6-9,12H,4-5,10-11H2,(H,18,19). The second-order valence-electron chi connectivity index (χ2n) is 5.57. The smallest absolute Gasteiger partial charge is 0.263 e. The molecule has 2 aromatic rings. The van der Waals surface area contributed by atoms with Crippen LogP contribution < -0.4 is 4.72 Å². The van der Waals surface area contributed by atoms with E-state index in [-0.39, 0.29) is 10.7 Å². The van der Waals surface area contributed by atoms with E-state index in [2.05, 4.69) is 9.71 Å². The van der Waals surface area contributed by atoms with Gasteiger partial charge in [0.1, 0.15) is 5.82 Å². The van der Waals surface area contributed by atoms with Gasteiger partial charge in [0.2, 0.25) is 0 Å². The molecule has 0 atom stereocenters. The lowest BCUT2D eigenvalue weighted by Gasteiger charge is -2.08. The maximum Gasteiger partial charge on any atom is 0.263 e. The molecule has 0 amide bonds. The Balaban J connectivity index is 1.62. The summed E-state index contributed by atoms with van der Waals surface area (Å²) in [6.45, 7) is 1.27. The topological polar surface area (TPSA) is 68.3 Å². The molecule has 0 unspecified atom stereocenters. The normalized spacial score (nSPS) is 14.7. The zero-order valence-corrected chi connectivity index (χ0v) is 14.0. The third kappa shape index (κ3) is 4.67. The lowest BCUT2D eigenvalue weighted by molar-refractivity contribution is 0.111. The molecule has 1 saturated carbocycles. The molecule has 0 bridgehead atoms. The Morgan fingerprint density at radius 3 is 2.74 bits per heavy atom. The minimum Gasteiger partial charge on any atom is -0.376 e. The third-order valence-corrected chi connectivity index (χ3v) is 5.08. The Kier molecular flexibility index (Phi) is 4.84. The summed E-state index contributed by atoms with van der Waals surface area (Å²) in [5, 5.41) is 0.365. The predicted octanol–water partition coefficient (Wildman–Crippen LogP) is 3.46. The molecule has 3 rings (SSSR count). The Morgan fingerprint density at radius 1 is 1.26 bits per heavy atom. The van der Waals surface area contributed by atoms with E-state index in [1.807, 2.05) is 0 Å². The monoisotopic (exact) mass is 352 g/mol. The van der Waals surface area contributed by atoms with Gasteiger partial charge in [0.25, 0.3) is 10.0 Å². The van der Waals surface area contributed by atoms with Crippen LogP contribution in [0.1, 0.15) is 18.4 Å². The van der Waals surface area contributed by atoms with E-state index in [0.717, 1.165) is 12.2 Å². The van der Waals surface area contributed by atoms with Crippen LogP contribution >= 0.6 is 11.6 Å². The molecule has 0 spiro atoms. The molecule has 1 aromatic heterocycles. The Hall–Kier alpha value is -1.63. The van der Waals surface area contributed by atoms with Crippen molar-refractivity contribution < 1.29 is 13.2 Å². The van der Waals surface area contributed by atoms with Crippen molar-refractivity contribution >= 4 is 27.4 Å². The number of ether oxygens (including phenoxy) is 1. The van der Waals surface area contributed by atoms with Crippen molar-refractivity contribution in [2.45, 2.75) is 24.3 Å². The Bertz CT molecular complexity index is 774. The van der Waals surface area contributed by atoms with Crippen molar-refractivity contribution in [3.8, 4) is 0 Å². The third-order valence-electron chi connectivity index (χ3n) is 3.49. The van der Waals surface area contributed by atoms with E-state index >= 15 is 0 Å². The molecule has 5 nitrogen and oxygen atoms in total. The zero-order chi connectivity index (χ0) is 16.3. The van der Waals surface area contributed by atoms with Crippen LogP contribution in [0, 0.1) is 5.92 Å². The summed E-state index contributed by atoms with van der Waals surface area (Å²) in [4.78, 5) is 4.22. The van der Waals surface area contributed by atoms with Gasteiger partial charge >= 0.3 is 0 Å². The van der Waals surface area contributed by atoms with Gasteiger partial charge in [0.05, 0.1) is 11.5 Å². The number of sulfonamides is 1. The van der Waals surface area contributed by atoms with Crippen molar-refractivity contribution in [3.63, 3.8) is 0 Å². The number of nitrogens with one attached hydrogen (secondary N) is 1. The largest absolute Gasteiger partial charge is 0.376 e. The quantitative estimate of drug-likeness (QED) is 0.828. The number of aromatic nitrogens is 1. The summed E-state index contributed by atoms with van der Waals surface area (Å²) in [7, 11) is -3.70. The first-order valence-electron chi connectivity index (χ1n) is 7.34. The molecule has 23 heavy (non-hydrogen) atoms. The van der Waals surface area contributed by atoms with Gasteiger partial charge in [-0.1, -0.05) is 23.7 Å². The molecule has 122 valence electrons. The van der Waals surface area contributed by atoms with E-state index in [0.29, 0.717) is 17.5 Å². The maximum atomic E-state index is 12.3. The van der Waals surface area contributed by atoms with E-state index in [1.54, 1.807) is 30.5 Å². The van der Waals surface area contributed by atoms with Gasteiger partial charge in [-0.3, -0.25) is 4.72 Å². The van der Waals surface area contributed by atoms with Crippen LogP contribution in [0.15, 0.2) is 47.5 Å². The zero-order valence-electron chi connectivity index (χ0n) is 12.4. The Labute approximate surface area is 140 Å². The lowest BCUT2D eigenvalue weighted by atomic mass is 10.3. The van der Waals surface area contributed by atoms with Crippen LogP contribution in [0.2, 0.25) is 5.02 Å². The molecular weight excluding hydrogens is 336 g/mol. The first kappa shape index (κ1) is 16.2. The summed E-state index contributed by atoms with van der Waals surface area (Å²) in [5.41, 5.74) is 0.913. The molecule has 1 aromatic carbocycles. The number of pyridine rings is 1. The minimum atomic E-state index is -3.70. The molecule has 1 heterocycles. The van der Waals surface area contributed by atoms with Crippen molar-refractivity contribution in [2.75, 3.05) is 11.3 Å². The second kappa shape index (κ2) is 6.86. The van der Waals surface area contributed by atoms with E-state index in [9.17, 15) is 8.42 Å². The van der Waals surface area contributed by atoms with Crippen LogP contribution in [0.4, 0.5) is 5.82 Å². The molecular formula is C16H17ClN2O3S. The highest BCUT2D eigenvalue weighted by Crippen LogP contribution is 2.29. The first-order chi connectivity index (χ1) is 11.0. The lowest BCUT2D eigenvalue weighted by Crippen LogP contribution is -2.14. The Morgan fingerprint density at radius 2 is 2.09 bits per heavy atom. The summed E-state index contributed by atoms with van der Waals surface area (Å²) in [5.74, 6) is 0.975. The second-order valence-corrected chi connectivity index (χ2v) is 7.69. The van der Waals surface area contributed by atoms with Gasteiger partial charge in [0.15, 0.2) is 0 Å². The van der Waals surface area contributed by atoms with Crippen LogP contribution in [-0.4, -0.2) is 20.0 Å². The molecule has 1 aliphatic rings. The summed E-state index contributed by atoms with van der Waals surface area (Å²) < 4.78 is 32.5. The molecule has 1 fully saturated rings. The molecule has 0 saturated heterocycles. The van der Waals surface area contributed by atoms with Crippen LogP contribution in [0.3, 0.4) is 0 Å². The van der Waals surface area contributed by atoms with E-state index in [4.69, 9.17) is 16.3 Å². The average molecular weight is 353 g/mol. The van der Waals surface area contributed by atoms with Gasteiger partial charge in [-0.05, 0) is 48.6 Å². The summed E-state index contributed by atoms with van der Waals surface area (Å²) >= 11 is 5.83. The fraction of sp³-hybridized carbons (Fsp3) is 0.312. The number of benzene rings is 1. The number of rotatable bonds is 7. The average Bonchev–Trinajstić information content (AvgIpc) is 3.33. The van der Waals surface area contributed by atoms with Gasteiger partial charge in [-0.25, -0.2) is 13.4 Å². The van der Waals surface area contributed by atoms with Gasteiger partial charge in [-0.2, -0.15) is 0 Å². The SMILES string of the molecule is O=S(=O)(Nc1ccc(COCC2CC2)cn1)c1cccc(Cl)c1. The molecule has 0 aliphatic heterocycles. The van der Waals surface area contributed by atoms with E-state index < -0.39 is 10.0 Å². The maximum absolute atomic E-state index is 12.3. The van der Waals surface area contributed by atoms with Crippen molar-refractivity contribution in [3.05, 3.63) is 53.2 Å². The van der Waals surface area contributed by atoms with Crippen molar-refractivity contribution in [1.29, 1.82) is 0 Å². The van der Waals surface area contributed by atoms with Gasteiger partial charge in [0, 0.05) is 17.8 Å². The predicted molar refractivity (Wildman–Crippen MR) is 88.9 cm³/mol. The summed E-state index contributed by atoms with van der Waals surface area (Å²) in [6.07, 6.45) is 4.12. The minimum absolute atomic E-state index is 0.101. The van der Waals surface area contributed by atoms with Crippen LogP contribution in [-0.2, 0) is 21.4 Å². The van der Waals surface area contributed by atoms with Gasteiger partial charge < -0.3 is 4.74 Å². The van der Waals surface area contributed by atoms with E-state index in [1.165, 1.54) is 25.0 Å². The number of hydrogen-bond acceptors (Lipinski definition) is 4. The molecule has 0 radical (unpaired) electrons. The molecule has 1 N–H and O–H groups in total. The number of anilines is 1. The number of hydrogen-bond donors (Lipinski definition) is 1. The number of halogens is 1. The highest BCUT2D eigenvalue weighted by atomic mass is 35.5. The fourth-order valence-electron chi connectivity index (χ4n) is 2.03. The molecule has 1 aliphatic carbocycles. The van der Waals surface area contributed by atoms with Crippen molar-refractivity contribution in [2.24, 2.45) is 5.92 Å². The van der Waals surface area contributed by atoms with Crippen molar-refractivity contribution in [1.82, 2.24) is 4.98 Å². The highest BCUT2D eigenvalue weighted by molar-refractivity contribution is 7.92. The highest BCUT2D eigenvalue weighted by Gasteiger charge is 2.21. The van der Waals surface area contributed by atoms with Gasteiger partial charge in [-0.15, -0.1) is 0 Å². The van der Waals surface area contributed by atoms with Crippen LogP contribution in [0.25, 0.3) is 0 Å². The summed E-state index contributed by atoms with van der Waals surface area (Å²) in [6, 6.07) is 9.51.